The Balaban J connectivity index is 1.97. The maximum absolute atomic E-state index is 13.2. The molecule has 0 aliphatic carbocycles. The second-order valence-corrected chi connectivity index (χ2v) is 6.25. The Kier molecular flexibility index (Phi) is 2.98. The van der Waals surface area contributed by atoms with Crippen LogP contribution in [-0.4, -0.2) is 4.98 Å². The number of aromatic nitrogens is 1. The van der Waals surface area contributed by atoms with E-state index in [9.17, 15) is 4.79 Å². The molecule has 0 saturated heterocycles. The van der Waals surface area contributed by atoms with Crippen molar-refractivity contribution in [3.8, 4) is 11.1 Å². The molecule has 2 nitrogen and oxygen atoms in total. The molecule has 1 N–H and O–H groups in total. The molecule has 0 bridgehead atoms. The molecule has 0 aliphatic rings. The van der Waals surface area contributed by atoms with Crippen LogP contribution in [0.3, 0.4) is 0 Å². The minimum Gasteiger partial charge on any atom is -0.354 e. The first-order valence-electron chi connectivity index (χ1n) is 8.35. The topological polar surface area (TPSA) is 32.9 Å². The molecule has 5 rings (SSSR count). The van der Waals surface area contributed by atoms with Crippen LogP contribution in [0.5, 0.6) is 0 Å². The van der Waals surface area contributed by atoms with Gasteiger partial charge in [0.05, 0.1) is 10.9 Å². The Morgan fingerprint density at radius 1 is 0.560 bits per heavy atom. The van der Waals surface area contributed by atoms with Crippen LogP contribution in [0.25, 0.3) is 43.7 Å². The van der Waals surface area contributed by atoms with Crippen molar-refractivity contribution in [3.05, 3.63) is 95.2 Å². The lowest BCUT2D eigenvalue weighted by Gasteiger charge is -2.11. The number of nitrogens with one attached hydrogen (secondary N) is 1. The molecule has 0 amide bonds. The van der Waals surface area contributed by atoms with Crippen molar-refractivity contribution in [1.82, 2.24) is 4.98 Å². The van der Waals surface area contributed by atoms with Crippen LogP contribution in [0.4, 0.5) is 0 Å². The molecule has 0 aliphatic heterocycles. The van der Waals surface area contributed by atoms with Gasteiger partial charge in [0.25, 0.3) is 0 Å². The molecular formula is C23H15NO. The highest BCUT2D eigenvalue weighted by Gasteiger charge is 2.12. The van der Waals surface area contributed by atoms with Gasteiger partial charge in [0, 0.05) is 10.9 Å². The molecule has 1 heterocycles. The smallest absolute Gasteiger partial charge is 0.197 e. The quantitative estimate of drug-likeness (QED) is 0.406. The van der Waals surface area contributed by atoms with Gasteiger partial charge in [-0.2, -0.15) is 0 Å². The molecule has 5 aromatic rings. The maximum Gasteiger partial charge on any atom is 0.197 e. The summed E-state index contributed by atoms with van der Waals surface area (Å²) < 4.78 is 0. The van der Waals surface area contributed by atoms with Gasteiger partial charge in [0.1, 0.15) is 0 Å². The zero-order valence-corrected chi connectivity index (χ0v) is 13.5. The molecule has 0 radical (unpaired) electrons. The fourth-order valence-electron chi connectivity index (χ4n) is 3.66. The van der Waals surface area contributed by atoms with Crippen LogP contribution >= 0.6 is 0 Å². The van der Waals surface area contributed by atoms with E-state index < -0.39 is 0 Å². The van der Waals surface area contributed by atoms with Gasteiger partial charge in [0.15, 0.2) is 5.43 Å². The van der Waals surface area contributed by atoms with Crippen molar-refractivity contribution in [2.24, 2.45) is 0 Å². The van der Waals surface area contributed by atoms with Gasteiger partial charge in [-0.3, -0.25) is 4.79 Å². The van der Waals surface area contributed by atoms with Crippen molar-refractivity contribution in [1.29, 1.82) is 0 Å². The second-order valence-electron chi connectivity index (χ2n) is 6.25. The second kappa shape index (κ2) is 5.32. The molecule has 0 spiro atoms. The highest BCUT2D eigenvalue weighted by atomic mass is 16.1. The zero-order chi connectivity index (χ0) is 16.8. The summed E-state index contributed by atoms with van der Waals surface area (Å²) in [7, 11) is 0. The summed E-state index contributed by atoms with van der Waals surface area (Å²) in [5.74, 6) is 0. The minimum absolute atomic E-state index is 0.0767. The van der Waals surface area contributed by atoms with Crippen molar-refractivity contribution < 1.29 is 0 Å². The van der Waals surface area contributed by atoms with Crippen molar-refractivity contribution in [2.75, 3.05) is 0 Å². The van der Waals surface area contributed by atoms with E-state index in [1.54, 1.807) is 0 Å². The van der Waals surface area contributed by atoms with Gasteiger partial charge in [-0.25, -0.2) is 0 Å². The van der Waals surface area contributed by atoms with Gasteiger partial charge in [-0.1, -0.05) is 66.7 Å². The standard InChI is InChI=1S/C23H15NO/c25-23-19-10-3-4-13-20(19)24-21-14-6-12-18(22(21)23)17-11-5-8-15-7-1-2-9-16(15)17/h1-14H,(H,24,25). The first-order chi connectivity index (χ1) is 12.3. The number of rotatable bonds is 1. The van der Waals surface area contributed by atoms with E-state index in [0.717, 1.165) is 38.3 Å². The van der Waals surface area contributed by atoms with Crippen molar-refractivity contribution in [3.63, 3.8) is 0 Å². The number of hydrogen-bond donors (Lipinski definition) is 1. The zero-order valence-electron chi connectivity index (χ0n) is 13.5. The van der Waals surface area contributed by atoms with Gasteiger partial charge in [-0.15, -0.1) is 0 Å². The van der Waals surface area contributed by atoms with Crippen LogP contribution in [0.1, 0.15) is 0 Å². The van der Waals surface area contributed by atoms with E-state index in [4.69, 9.17) is 0 Å². The summed E-state index contributed by atoms with van der Waals surface area (Å²) in [6.45, 7) is 0. The third-order valence-electron chi connectivity index (χ3n) is 4.81. The molecule has 0 saturated carbocycles. The average Bonchev–Trinajstić information content (AvgIpc) is 2.67. The number of para-hydroxylation sites is 1. The number of H-pyrrole nitrogens is 1. The number of benzene rings is 4. The summed E-state index contributed by atoms with van der Waals surface area (Å²) in [5, 5.41) is 3.81. The lowest BCUT2D eigenvalue weighted by Crippen LogP contribution is -2.05. The van der Waals surface area contributed by atoms with E-state index in [2.05, 4.69) is 29.2 Å². The molecule has 25 heavy (non-hydrogen) atoms. The number of aromatic amines is 1. The lowest BCUT2D eigenvalue weighted by molar-refractivity contribution is 1.48. The predicted octanol–water partition coefficient (Wildman–Crippen LogP) is 5.50. The summed E-state index contributed by atoms with van der Waals surface area (Å²) in [4.78, 5) is 16.6. The predicted molar refractivity (Wildman–Crippen MR) is 105 cm³/mol. The minimum atomic E-state index is 0.0767. The Morgan fingerprint density at radius 3 is 2.12 bits per heavy atom. The normalized spacial score (nSPS) is 11.4. The first-order valence-corrected chi connectivity index (χ1v) is 8.35. The first kappa shape index (κ1) is 14.0. The molecule has 2 heteroatoms. The monoisotopic (exact) mass is 321 g/mol. The molecule has 118 valence electrons. The van der Waals surface area contributed by atoms with Gasteiger partial charge < -0.3 is 4.98 Å². The van der Waals surface area contributed by atoms with E-state index in [0.29, 0.717) is 0 Å². The summed E-state index contributed by atoms with van der Waals surface area (Å²) in [6.07, 6.45) is 0. The van der Waals surface area contributed by atoms with E-state index >= 15 is 0 Å². The van der Waals surface area contributed by atoms with E-state index in [1.165, 1.54) is 5.39 Å². The Hall–Kier alpha value is -3.39. The molecule has 0 fully saturated rings. The summed E-state index contributed by atoms with van der Waals surface area (Å²) in [6, 6.07) is 28.2. The Morgan fingerprint density at radius 2 is 1.20 bits per heavy atom. The molecule has 4 aromatic carbocycles. The molecule has 0 atom stereocenters. The molecule has 0 unspecified atom stereocenters. The van der Waals surface area contributed by atoms with Crippen LogP contribution < -0.4 is 5.43 Å². The maximum atomic E-state index is 13.2. The largest absolute Gasteiger partial charge is 0.354 e. The van der Waals surface area contributed by atoms with Crippen LogP contribution in [-0.2, 0) is 0 Å². The fourth-order valence-corrected chi connectivity index (χ4v) is 3.66. The van der Waals surface area contributed by atoms with Gasteiger partial charge in [0.2, 0.25) is 0 Å². The average molecular weight is 321 g/mol. The third-order valence-corrected chi connectivity index (χ3v) is 4.81. The van der Waals surface area contributed by atoms with Crippen molar-refractivity contribution >= 4 is 32.6 Å². The van der Waals surface area contributed by atoms with Gasteiger partial charge >= 0.3 is 0 Å². The summed E-state index contributed by atoms with van der Waals surface area (Å²) >= 11 is 0. The van der Waals surface area contributed by atoms with Crippen LogP contribution in [0, 0.1) is 0 Å². The number of pyridine rings is 1. The highest BCUT2D eigenvalue weighted by molar-refractivity contribution is 6.06. The van der Waals surface area contributed by atoms with Crippen molar-refractivity contribution in [2.45, 2.75) is 0 Å². The van der Waals surface area contributed by atoms with Gasteiger partial charge in [-0.05, 0) is 40.1 Å². The number of hydrogen-bond acceptors (Lipinski definition) is 1. The van der Waals surface area contributed by atoms with E-state index in [1.807, 2.05) is 60.7 Å². The molecular weight excluding hydrogens is 306 g/mol. The third kappa shape index (κ3) is 2.08. The van der Waals surface area contributed by atoms with Crippen LogP contribution in [0.15, 0.2) is 89.7 Å². The lowest BCUT2D eigenvalue weighted by atomic mass is 9.94. The summed E-state index contributed by atoms with van der Waals surface area (Å²) in [5.41, 5.74) is 3.88. The molecule has 1 aromatic heterocycles. The number of fused-ring (bicyclic) bond motifs is 3. The Labute approximate surface area is 144 Å². The highest BCUT2D eigenvalue weighted by Crippen LogP contribution is 2.32. The van der Waals surface area contributed by atoms with Crippen LogP contribution in [0.2, 0.25) is 0 Å². The Bertz CT molecular complexity index is 1310. The van der Waals surface area contributed by atoms with E-state index in [-0.39, 0.29) is 5.43 Å². The fraction of sp³-hybridized carbons (Fsp3) is 0. The SMILES string of the molecule is O=c1c2ccccc2[nH]c2cccc(-c3cccc4ccccc34)c12.